The summed E-state index contributed by atoms with van der Waals surface area (Å²) in [5.74, 6) is 1.69. The quantitative estimate of drug-likeness (QED) is 0.176. The van der Waals surface area contributed by atoms with Gasteiger partial charge in [0.05, 0.1) is 22.3 Å². The smallest absolute Gasteiger partial charge is 0.167 e. The van der Waals surface area contributed by atoms with Crippen LogP contribution in [0.15, 0.2) is 191 Å². The van der Waals surface area contributed by atoms with Crippen LogP contribution in [0, 0.1) is 0 Å². The zero-order valence-electron chi connectivity index (χ0n) is 30.4. The van der Waals surface area contributed by atoms with Crippen LogP contribution in [-0.4, -0.2) is 19.5 Å². The van der Waals surface area contributed by atoms with Gasteiger partial charge in [-0.25, -0.2) is 15.0 Å². The molecule has 0 N–H and O–H groups in total. The predicted octanol–water partition coefficient (Wildman–Crippen LogP) is 13.4. The molecule has 6 heteroatoms. The molecule has 0 saturated carbocycles. The summed E-state index contributed by atoms with van der Waals surface area (Å²) in [5.41, 5.74) is 11.4. The molecule has 0 amide bonds. The monoisotopic (exact) mass is 730 g/mol. The van der Waals surface area contributed by atoms with Crippen LogP contribution in [0.2, 0.25) is 0 Å². The van der Waals surface area contributed by atoms with E-state index in [0.717, 1.165) is 88.4 Å². The minimum Gasteiger partial charge on any atom is -0.456 e. The SMILES string of the molecule is c1ccc(-c2nc(-c3ccc4oc5ccccc5c4c3)nc(-c3cccc4c3oc3cccc(-c5ccccc5-n5c6ccccc6c6ccccc65)c34)n2)cc1. The second kappa shape index (κ2) is 12.3. The number of hydrogen-bond donors (Lipinski definition) is 0. The van der Waals surface area contributed by atoms with E-state index < -0.39 is 0 Å². The van der Waals surface area contributed by atoms with Gasteiger partial charge in [-0.15, -0.1) is 0 Å². The molecule has 0 aliphatic rings. The number of para-hydroxylation sites is 5. The van der Waals surface area contributed by atoms with Crippen molar-refractivity contribution in [1.29, 1.82) is 0 Å². The maximum Gasteiger partial charge on any atom is 0.167 e. The Morgan fingerprint density at radius 3 is 1.75 bits per heavy atom. The summed E-state index contributed by atoms with van der Waals surface area (Å²) < 4.78 is 15.4. The summed E-state index contributed by atoms with van der Waals surface area (Å²) in [6.45, 7) is 0. The van der Waals surface area contributed by atoms with Gasteiger partial charge in [-0.3, -0.25) is 0 Å². The molecule has 4 aromatic heterocycles. The molecule has 266 valence electrons. The lowest BCUT2D eigenvalue weighted by Crippen LogP contribution is -2.00. The first-order valence-electron chi connectivity index (χ1n) is 19.0. The maximum absolute atomic E-state index is 6.84. The highest BCUT2D eigenvalue weighted by atomic mass is 16.3. The van der Waals surface area contributed by atoms with Gasteiger partial charge in [0.1, 0.15) is 22.3 Å². The second-order valence-corrected chi connectivity index (χ2v) is 14.3. The van der Waals surface area contributed by atoms with Gasteiger partial charge in [-0.1, -0.05) is 127 Å². The average molecular weight is 731 g/mol. The largest absolute Gasteiger partial charge is 0.456 e. The third-order valence-corrected chi connectivity index (χ3v) is 11.1. The first kappa shape index (κ1) is 31.5. The van der Waals surface area contributed by atoms with Crippen molar-refractivity contribution < 1.29 is 8.83 Å². The van der Waals surface area contributed by atoms with Crippen molar-refractivity contribution in [1.82, 2.24) is 19.5 Å². The zero-order valence-corrected chi connectivity index (χ0v) is 30.4. The number of aromatic nitrogens is 4. The Balaban J connectivity index is 1.07. The van der Waals surface area contributed by atoms with E-state index in [0.29, 0.717) is 17.5 Å². The molecule has 4 heterocycles. The standard InChI is InChI=1S/C51H30N4O2/c1-2-14-31(15-3-1)49-52-50(32-28-29-45-40(30-32)36-19-7-11-26-44(36)56-45)54-51(53-49)39-22-12-21-38-47-37(20-13-27-46(47)57-48(38)39)35-18-6-10-25-43(35)55-41-23-8-4-16-33(41)34-17-5-9-24-42(34)55/h1-30H. The molecule has 0 saturated heterocycles. The van der Waals surface area contributed by atoms with Crippen molar-refractivity contribution in [3.63, 3.8) is 0 Å². The molecule has 0 atom stereocenters. The van der Waals surface area contributed by atoms with Gasteiger partial charge >= 0.3 is 0 Å². The van der Waals surface area contributed by atoms with Crippen LogP contribution < -0.4 is 0 Å². The third-order valence-electron chi connectivity index (χ3n) is 11.1. The molecule has 0 aliphatic heterocycles. The molecule has 0 radical (unpaired) electrons. The molecule has 8 aromatic carbocycles. The summed E-state index contributed by atoms with van der Waals surface area (Å²) in [7, 11) is 0. The van der Waals surface area contributed by atoms with Crippen LogP contribution in [0.25, 0.3) is 117 Å². The van der Waals surface area contributed by atoms with E-state index in [9.17, 15) is 0 Å². The lowest BCUT2D eigenvalue weighted by molar-refractivity contribution is 0.669. The Bertz CT molecular complexity index is 3490. The van der Waals surface area contributed by atoms with Gasteiger partial charge in [0, 0.05) is 49.0 Å². The van der Waals surface area contributed by atoms with Crippen molar-refractivity contribution in [3.05, 3.63) is 182 Å². The summed E-state index contributed by atoms with van der Waals surface area (Å²) >= 11 is 0. The van der Waals surface area contributed by atoms with Crippen molar-refractivity contribution in [3.8, 4) is 51.0 Å². The van der Waals surface area contributed by atoms with Crippen LogP contribution in [0.1, 0.15) is 0 Å². The lowest BCUT2D eigenvalue weighted by atomic mass is 9.97. The van der Waals surface area contributed by atoms with E-state index in [-0.39, 0.29) is 0 Å². The molecule has 0 unspecified atom stereocenters. The number of fused-ring (bicyclic) bond motifs is 9. The van der Waals surface area contributed by atoms with Crippen LogP contribution in [0.3, 0.4) is 0 Å². The van der Waals surface area contributed by atoms with Crippen LogP contribution in [0.4, 0.5) is 0 Å². The van der Waals surface area contributed by atoms with Gasteiger partial charge in [-0.05, 0) is 60.2 Å². The van der Waals surface area contributed by atoms with Crippen molar-refractivity contribution in [2.75, 3.05) is 0 Å². The van der Waals surface area contributed by atoms with Crippen molar-refractivity contribution >= 4 is 65.7 Å². The summed E-state index contributed by atoms with van der Waals surface area (Å²) in [4.78, 5) is 15.3. The minimum absolute atomic E-state index is 0.535. The lowest BCUT2D eigenvalue weighted by Gasteiger charge is -2.14. The molecule has 57 heavy (non-hydrogen) atoms. The fourth-order valence-corrected chi connectivity index (χ4v) is 8.53. The van der Waals surface area contributed by atoms with E-state index in [1.165, 1.54) is 10.8 Å². The van der Waals surface area contributed by atoms with Crippen molar-refractivity contribution in [2.24, 2.45) is 0 Å². The highest BCUT2D eigenvalue weighted by molar-refractivity contribution is 6.16. The second-order valence-electron chi connectivity index (χ2n) is 14.3. The molecule has 0 fully saturated rings. The van der Waals surface area contributed by atoms with Gasteiger partial charge < -0.3 is 13.4 Å². The Morgan fingerprint density at radius 2 is 0.930 bits per heavy atom. The number of rotatable bonds is 5. The first-order valence-corrected chi connectivity index (χ1v) is 19.0. The molecule has 6 nitrogen and oxygen atoms in total. The summed E-state index contributed by atoms with van der Waals surface area (Å²) in [6, 6.07) is 62.7. The fourth-order valence-electron chi connectivity index (χ4n) is 8.53. The van der Waals surface area contributed by atoms with E-state index >= 15 is 0 Å². The van der Waals surface area contributed by atoms with E-state index in [2.05, 4.69) is 114 Å². The maximum atomic E-state index is 6.84. The molecular weight excluding hydrogens is 701 g/mol. The van der Waals surface area contributed by atoms with E-state index in [1.54, 1.807) is 0 Å². The molecule has 0 bridgehead atoms. The topological polar surface area (TPSA) is 69.9 Å². The van der Waals surface area contributed by atoms with E-state index in [4.69, 9.17) is 23.8 Å². The number of furan rings is 2. The highest BCUT2D eigenvalue weighted by Crippen LogP contribution is 2.43. The predicted molar refractivity (Wildman–Crippen MR) is 230 cm³/mol. The Hall–Kier alpha value is -7.83. The third kappa shape index (κ3) is 4.87. The Morgan fingerprint density at radius 1 is 0.351 bits per heavy atom. The Labute approximate surface area is 325 Å². The molecule has 0 spiro atoms. The molecular formula is C51H30N4O2. The van der Waals surface area contributed by atoms with Crippen LogP contribution >= 0.6 is 0 Å². The Kier molecular flexibility index (Phi) is 6.83. The van der Waals surface area contributed by atoms with Crippen molar-refractivity contribution in [2.45, 2.75) is 0 Å². The van der Waals surface area contributed by atoms with Crippen LogP contribution in [0.5, 0.6) is 0 Å². The molecule has 12 aromatic rings. The number of nitrogens with zero attached hydrogens (tertiary/aromatic N) is 4. The first-order chi connectivity index (χ1) is 28.3. The van der Waals surface area contributed by atoms with E-state index in [1.807, 2.05) is 72.8 Å². The fraction of sp³-hybridized carbons (Fsp3) is 0. The van der Waals surface area contributed by atoms with Gasteiger partial charge in [0.25, 0.3) is 0 Å². The van der Waals surface area contributed by atoms with Gasteiger partial charge in [0.2, 0.25) is 0 Å². The number of hydrogen-bond acceptors (Lipinski definition) is 5. The summed E-state index contributed by atoms with van der Waals surface area (Å²) in [5, 5.41) is 6.55. The molecule has 12 rings (SSSR count). The van der Waals surface area contributed by atoms with Gasteiger partial charge in [0.15, 0.2) is 17.5 Å². The highest BCUT2D eigenvalue weighted by Gasteiger charge is 2.22. The van der Waals surface area contributed by atoms with Gasteiger partial charge in [-0.2, -0.15) is 0 Å². The average Bonchev–Trinajstić information content (AvgIpc) is 3.96. The minimum atomic E-state index is 0.535. The zero-order chi connectivity index (χ0) is 37.5. The summed E-state index contributed by atoms with van der Waals surface area (Å²) in [6.07, 6.45) is 0. The molecule has 0 aliphatic carbocycles. The normalized spacial score (nSPS) is 11.9. The van der Waals surface area contributed by atoms with Crippen LogP contribution in [-0.2, 0) is 0 Å². The number of benzene rings is 8.